The first-order chi connectivity index (χ1) is 7.24. The summed E-state index contributed by atoms with van der Waals surface area (Å²) >= 11 is 0. The standard InChI is InChI=1S/C12H16FNO/c1-2-7-15-11-5-3-10(4-6-11)12(13)8-14-9-12/h3-6,14H,2,7-9H2,1H3. The van der Waals surface area contributed by atoms with Gasteiger partial charge in [-0.25, -0.2) is 4.39 Å². The average molecular weight is 209 g/mol. The van der Waals surface area contributed by atoms with Gasteiger partial charge in [0, 0.05) is 13.1 Å². The molecular weight excluding hydrogens is 193 g/mol. The molecular formula is C12H16FNO. The van der Waals surface area contributed by atoms with E-state index in [0.717, 1.165) is 17.7 Å². The van der Waals surface area contributed by atoms with Crippen LogP contribution in [0.1, 0.15) is 18.9 Å². The van der Waals surface area contributed by atoms with Crippen molar-refractivity contribution in [3.63, 3.8) is 0 Å². The van der Waals surface area contributed by atoms with Crippen LogP contribution in [0.25, 0.3) is 0 Å². The van der Waals surface area contributed by atoms with E-state index in [-0.39, 0.29) is 0 Å². The molecule has 82 valence electrons. The topological polar surface area (TPSA) is 21.3 Å². The molecule has 0 amide bonds. The molecule has 1 heterocycles. The summed E-state index contributed by atoms with van der Waals surface area (Å²) in [7, 11) is 0. The summed E-state index contributed by atoms with van der Waals surface area (Å²) in [6, 6.07) is 7.30. The van der Waals surface area contributed by atoms with Crippen LogP contribution in [0, 0.1) is 0 Å². The molecule has 1 saturated heterocycles. The molecule has 0 atom stereocenters. The fourth-order valence-corrected chi connectivity index (χ4v) is 1.62. The van der Waals surface area contributed by atoms with Crippen LogP contribution in [0.4, 0.5) is 4.39 Å². The zero-order valence-electron chi connectivity index (χ0n) is 8.92. The second kappa shape index (κ2) is 4.19. The zero-order valence-corrected chi connectivity index (χ0v) is 8.92. The quantitative estimate of drug-likeness (QED) is 0.821. The predicted octanol–water partition coefficient (Wildman–Crippen LogP) is 2.24. The van der Waals surface area contributed by atoms with Crippen molar-refractivity contribution in [1.82, 2.24) is 5.32 Å². The summed E-state index contributed by atoms with van der Waals surface area (Å²) in [4.78, 5) is 0. The second-order valence-electron chi connectivity index (χ2n) is 3.94. The van der Waals surface area contributed by atoms with Gasteiger partial charge in [0.05, 0.1) is 6.61 Å². The van der Waals surface area contributed by atoms with Crippen molar-refractivity contribution in [3.05, 3.63) is 29.8 Å². The highest BCUT2D eigenvalue weighted by Crippen LogP contribution is 2.30. The fraction of sp³-hybridized carbons (Fsp3) is 0.500. The number of hydrogen-bond acceptors (Lipinski definition) is 2. The Bertz CT molecular complexity index is 319. The summed E-state index contributed by atoms with van der Waals surface area (Å²) in [5.74, 6) is 0.816. The number of halogens is 1. The number of alkyl halides is 1. The van der Waals surface area contributed by atoms with Gasteiger partial charge in [0.2, 0.25) is 0 Å². The maximum Gasteiger partial charge on any atom is 0.160 e. The number of ether oxygens (including phenoxy) is 1. The molecule has 0 aromatic heterocycles. The summed E-state index contributed by atoms with van der Waals surface area (Å²) in [6.45, 7) is 3.61. The van der Waals surface area contributed by atoms with Crippen LogP contribution < -0.4 is 10.1 Å². The Morgan fingerprint density at radius 2 is 2.00 bits per heavy atom. The van der Waals surface area contributed by atoms with E-state index in [0.29, 0.717) is 19.7 Å². The molecule has 1 aliphatic heterocycles. The van der Waals surface area contributed by atoms with Crippen molar-refractivity contribution in [2.45, 2.75) is 19.0 Å². The third kappa shape index (κ3) is 2.12. The van der Waals surface area contributed by atoms with E-state index in [2.05, 4.69) is 12.2 Å². The molecule has 0 unspecified atom stereocenters. The van der Waals surface area contributed by atoms with E-state index in [4.69, 9.17) is 4.74 Å². The summed E-state index contributed by atoms with van der Waals surface area (Å²) in [5.41, 5.74) is -0.423. The van der Waals surface area contributed by atoms with Gasteiger partial charge in [-0.05, 0) is 24.1 Å². The highest BCUT2D eigenvalue weighted by molar-refractivity contribution is 5.32. The van der Waals surface area contributed by atoms with Gasteiger partial charge < -0.3 is 10.1 Å². The summed E-state index contributed by atoms with van der Waals surface area (Å²) < 4.78 is 19.4. The van der Waals surface area contributed by atoms with Crippen molar-refractivity contribution in [3.8, 4) is 5.75 Å². The summed E-state index contributed by atoms with van der Waals surface area (Å²) in [5, 5.41) is 2.94. The van der Waals surface area contributed by atoms with Gasteiger partial charge in [-0.2, -0.15) is 0 Å². The molecule has 1 aliphatic rings. The van der Waals surface area contributed by atoms with E-state index in [1.54, 1.807) is 0 Å². The SMILES string of the molecule is CCCOc1ccc(C2(F)CNC2)cc1. The Hall–Kier alpha value is -1.09. The van der Waals surface area contributed by atoms with Gasteiger partial charge in [-0.3, -0.25) is 0 Å². The van der Waals surface area contributed by atoms with E-state index >= 15 is 0 Å². The molecule has 15 heavy (non-hydrogen) atoms. The van der Waals surface area contributed by atoms with Gasteiger partial charge in [-0.15, -0.1) is 0 Å². The smallest absolute Gasteiger partial charge is 0.160 e. The molecule has 1 fully saturated rings. The highest BCUT2D eigenvalue weighted by Gasteiger charge is 2.38. The van der Waals surface area contributed by atoms with Crippen LogP contribution in [0.15, 0.2) is 24.3 Å². The Balaban J connectivity index is 2.03. The molecule has 1 N–H and O–H groups in total. The van der Waals surface area contributed by atoms with E-state index in [1.165, 1.54) is 0 Å². The van der Waals surface area contributed by atoms with Crippen LogP contribution in [0.3, 0.4) is 0 Å². The number of benzene rings is 1. The van der Waals surface area contributed by atoms with Crippen molar-refractivity contribution < 1.29 is 9.13 Å². The third-order valence-corrected chi connectivity index (χ3v) is 2.65. The second-order valence-corrected chi connectivity index (χ2v) is 3.94. The van der Waals surface area contributed by atoms with Gasteiger partial charge in [0.25, 0.3) is 0 Å². The van der Waals surface area contributed by atoms with Crippen LogP contribution in [-0.4, -0.2) is 19.7 Å². The maximum atomic E-state index is 13.9. The van der Waals surface area contributed by atoms with Gasteiger partial charge >= 0.3 is 0 Å². The molecule has 0 radical (unpaired) electrons. The average Bonchev–Trinajstić information content (AvgIpc) is 2.24. The molecule has 0 saturated carbocycles. The lowest BCUT2D eigenvalue weighted by atomic mass is 9.90. The Morgan fingerprint density at radius 3 is 2.47 bits per heavy atom. The molecule has 0 aliphatic carbocycles. The minimum Gasteiger partial charge on any atom is -0.494 e. The Morgan fingerprint density at radius 1 is 1.33 bits per heavy atom. The van der Waals surface area contributed by atoms with E-state index in [9.17, 15) is 4.39 Å². The first kappa shape index (κ1) is 10.4. The maximum absolute atomic E-state index is 13.9. The monoisotopic (exact) mass is 209 g/mol. The predicted molar refractivity (Wildman–Crippen MR) is 57.9 cm³/mol. The first-order valence-corrected chi connectivity index (χ1v) is 5.37. The molecule has 1 aromatic rings. The van der Waals surface area contributed by atoms with Crippen molar-refractivity contribution in [2.75, 3.05) is 19.7 Å². The highest BCUT2D eigenvalue weighted by atomic mass is 19.1. The Labute approximate surface area is 89.4 Å². The lowest BCUT2D eigenvalue weighted by Crippen LogP contribution is -2.53. The van der Waals surface area contributed by atoms with Crippen molar-refractivity contribution >= 4 is 0 Å². The normalized spacial score (nSPS) is 18.3. The summed E-state index contributed by atoms with van der Waals surface area (Å²) in [6.07, 6.45) is 0.985. The van der Waals surface area contributed by atoms with Crippen molar-refractivity contribution in [1.29, 1.82) is 0 Å². The van der Waals surface area contributed by atoms with E-state index in [1.807, 2.05) is 24.3 Å². The van der Waals surface area contributed by atoms with Crippen LogP contribution >= 0.6 is 0 Å². The zero-order chi connectivity index (χ0) is 10.7. The largest absolute Gasteiger partial charge is 0.494 e. The molecule has 0 bridgehead atoms. The van der Waals surface area contributed by atoms with Gasteiger partial charge in [-0.1, -0.05) is 19.1 Å². The lowest BCUT2D eigenvalue weighted by molar-refractivity contribution is 0.0891. The molecule has 2 rings (SSSR count). The fourth-order valence-electron chi connectivity index (χ4n) is 1.62. The number of rotatable bonds is 4. The molecule has 3 heteroatoms. The minimum absolute atomic E-state index is 0.419. The number of hydrogen-bond donors (Lipinski definition) is 1. The lowest BCUT2D eigenvalue weighted by Gasteiger charge is -2.35. The first-order valence-electron chi connectivity index (χ1n) is 5.37. The van der Waals surface area contributed by atoms with Crippen LogP contribution in [0.5, 0.6) is 5.75 Å². The number of nitrogens with one attached hydrogen (secondary N) is 1. The Kier molecular flexibility index (Phi) is 2.91. The molecule has 1 aromatic carbocycles. The van der Waals surface area contributed by atoms with Crippen molar-refractivity contribution in [2.24, 2.45) is 0 Å². The van der Waals surface area contributed by atoms with Crippen LogP contribution in [-0.2, 0) is 5.67 Å². The molecule has 2 nitrogen and oxygen atoms in total. The van der Waals surface area contributed by atoms with Gasteiger partial charge in [0.15, 0.2) is 5.67 Å². The van der Waals surface area contributed by atoms with Crippen LogP contribution in [0.2, 0.25) is 0 Å². The third-order valence-electron chi connectivity index (χ3n) is 2.65. The van der Waals surface area contributed by atoms with Gasteiger partial charge in [0.1, 0.15) is 5.75 Å². The van der Waals surface area contributed by atoms with E-state index < -0.39 is 5.67 Å². The molecule has 0 spiro atoms. The minimum atomic E-state index is -1.16.